The van der Waals surface area contributed by atoms with Gasteiger partial charge in [0.1, 0.15) is 11.5 Å². The number of rotatable bonds is 5. The van der Waals surface area contributed by atoms with Crippen molar-refractivity contribution in [1.29, 1.82) is 0 Å². The zero-order valence-corrected chi connectivity index (χ0v) is 15.6. The molecule has 1 aliphatic rings. The number of aryl methyl sites for hydroxylation is 1. The molecule has 0 atom stereocenters. The van der Waals surface area contributed by atoms with Gasteiger partial charge in [-0.2, -0.15) is 0 Å². The van der Waals surface area contributed by atoms with Gasteiger partial charge in [-0.1, -0.05) is 0 Å². The van der Waals surface area contributed by atoms with Crippen LogP contribution < -0.4 is 10.6 Å². The molecule has 4 rings (SSSR count). The van der Waals surface area contributed by atoms with Crippen LogP contribution in [0.3, 0.4) is 0 Å². The maximum Gasteiger partial charge on any atom is 0.319 e. The van der Waals surface area contributed by atoms with Gasteiger partial charge in [0.2, 0.25) is 0 Å². The van der Waals surface area contributed by atoms with E-state index in [1.807, 2.05) is 43.5 Å². The summed E-state index contributed by atoms with van der Waals surface area (Å²) in [6.45, 7) is 5.64. The predicted molar refractivity (Wildman–Crippen MR) is 107 cm³/mol. The number of urea groups is 1. The molecular weight excluding hydrogens is 340 g/mol. The molecule has 1 fully saturated rings. The van der Waals surface area contributed by atoms with Gasteiger partial charge in [-0.15, -0.1) is 0 Å². The second kappa shape index (κ2) is 7.88. The minimum absolute atomic E-state index is 0.140. The van der Waals surface area contributed by atoms with E-state index in [0.717, 1.165) is 60.6 Å². The summed E-state index contributed by atoms with van der Waals surface area (Å²) in [5, 5.41) is 7.03. The molecular formula is C21H26N4O2. The fourth-order valence-electron chi connectivity index (χ4n) is 3.68. The minimum atomic E-state index is -0.140. The highest BCUT2D eigenvalue weighted by Gasteiger charge is 2.20. The minimum Gasteiger partial charge on any atom is -0.465 e. The number of aromatic nitrogens is 1. The second-order valence-corrected chi connectivity index (χ2v) is 7.35. The lowest BCUT2D eigenvalue weighted by atomic mass is 9.97. The van der Waals surface area contributed by atoms with E-state index < -0.39 is 0 Å². The van der Waals surface area contributed by atoms with E-state index in [1.165, 1.54) is 0 Å². The second-order valence-electron chi connectivity index (χ2n) is 7.35. The third-order valence-electron chi connectivity index (χ3n) is 5.25. The SMILES string of the molecule is Cc1ccc(CN2CCC(CNC(=O)Nc3ccc4[nH]ccc4c3)CC2)o1. The molecule has 0 spiro atoms. The van der Waals surface area contributed by atoms with Crippen molar-refractivity contribution >= 4 is 22.6 Å². The van der Waals surface area contributed by atoms with Gasteiger partial charge in [-0.05, 0) is 75.2 Å². The van der Waals surface area contributed by atoms with Crippen molar-refractivity contribution in [1.82, 2.24) is 15.2 Å². The molecule has 2 amide bonds. The van der Waals surface area contributed by atoms with Crippen molar-refractivity contribution < 1.29 is 9.21 Å². The standard InChI is InChI=1S/C21H26N4O2/c1-15-2-4-19(27-15)14-25-10-7-16(8-11-25)13-23-21(26)24-18-3-5-20-17(12-18)6-9-22-20/h2-6,9,12,16,22H,7-8,10-11,13-14H2,1H3,(H2,23,24,26). The van der Waals surface area contributed by atoms with Gasteiger partial charge in [0, 0.05) is 29.3 Å². The number of nitrogens with one attached hydrogen (secondary N) is 3. The Bertz CT molecular complexity index is 906. The van der Waals surface area contributed by atoms with Gasteiger partial charge in [-0.25, -0.2) is 4.79 Å². The van der Waals surface area contributed by atoms with Crippen molar-refractivity contribution in [3.8, 4) is 0 Å². The number of hydrogen-bond donors (Lipinski definition) is 3. The Morgan fingerprint density at radius 3 is 2.85 bits per heavy atom. The number of anilines is 1. The number of nitrogens with zero attached hydrogens (tertiary/aromatic N) is 1. The summed E-state index contributed by atoms with van der Waals surface area (Å²) in [5.41, 5.74) is 1.88. The summed E-state index contributed by atoms with van der Waals surface area (Å²) >= 11 is 0. The summed E-state index contributed by atoms with van der Waals surface area (Å²) in [6.07, 6.45) is 4.08. The smallest absolute Gasteiger partial charge is 0.319 e. The van der Waals surface area contributed by atoms with Crippen molar-refractivity contribution in [2.75, 3.05) is 25.0 Å². The maximum absolute atomic E-state index is 12.2. The van der Waals surface area contributed by atoms with Crippen LogP contribution >= 0.6 is 0 Å². The van der Waals surface area contributed by atoms with Crippen molar-refractivity contribution in [3.05, 3.63) is 54.1 Å². The number of benzene rings is 1. The Morgan fingerprint density at radius 1 is 1.22 bits per heavy atom. The molecule has 142 valence electrons. The van der Waals surface area contributed by atoms with Crippen LogP contribution in [0.5, 0.6) is 0 Å². The molecule has 1 aromatic carbocycles. The molecule has 27 heavy (non-hydrogen) atoms. The number of H-pyrrole nitrogens is 1. The monoisotopic (exact) mass is 366 g/mol. The number of furan rings is 1. The van der Waals surface area contributed by atoms with Crippen LogP contribution in [0.25, 0.3) is 10.9 Å². The molecule has 2 aromatic heterocycles. The first-order valence-electron chi connectivity index (χ1n) is 9.55. The maximum atomic E-state index is 12.2. The average molecular weight is 366 g/mol. The highest BCUT2D eigenvalue weighted by Crippen LogP contribution is 2.20. The Hall–Kier alpha value is -2.73. The number of carbonyl (C=O) groups is 1. The normalized spacial score (nSPS) is 15.9. The lowest BCUT2D eigenvalue weighted by molar-refractivity contribution is 0.165. The molecule has 0 radical (unpaired) electrons. The molecule has 3 aromatic rings. The molecule has 0 aliphatic carbocycles. The van der Waals surface area contributed by atoms with Gasteiger partial charge < -0.3 is 20.0 Å². The fourth-order valence-corrected chi connectivity index (χ4v) is 3.68. The molecule has 0 unspecified atom stereocenters. The van der Waals surface area contributed by atoms with Crippen molar-refractivity contribution in [3.63, 3.8) is 0 Å². The Balaban J connectivity index is 1.19. The van der Waals surface area contributed by atoms with Crippen LogP contribution in [0.4, 0.5) is 10.5 Å². The number of hydrogen-bond acceptors (Lipinski definition) is 3. The van der Waals surface area contributed by atoms with E-state index in [4.69, 9.17) is 4.42 Å². The molecule has 3 N–H and O–H groups in total. The molecule has 6 nitrogen and oxygen atoms in total. The predicted octanol–water partition coefficient (Wildman–Crippen LogP) is 4.10. The quantitative estimate of drug-likeness (QED) is 0.636. The van der Waals surface area contributed by atoms with E-state index in [0.29, 0.717) is 12.5 Å². The van der Waals surface area contributed by atoms with Gasteiger partial charge in [0.15, 0.2) is 0 Å². The Kier molecular flexibility index (Phi) is 5.16. The lowest BCUT2D eigenvalue weighted by Crippen LogP contribution is -2.39. The average Bonchev–Trinajstić information content (AvgIpc) is 3.29. The van der Waals surface area contributed by atoms with Crippen LogP contribution in [-0.2, 0) is 6.54 Å². The third-order valence-corrected chi connectivity index (χ3v) is 5.25. The van der Waals surface area contributed by atoms with Crippen molar-refractivity contribution in [2.24, 2.45) is 5.92 Å². The van der Waals surface area contributed by atoms with Gasteiger partial charge in [0.05, 0.1) is 6.54 Å². The summed E-state index contributed by atoms with van der Waals surface area (Å²) in [7, 11) is 0. The van der Waals surface area contributed by atoms with Crippen LogP contribution in [0.1, 0.15) is 24.4 Å². The Morgan fingerprint density at radius 2 is 2.07 bits per heavy atom. The van der Waals surface area contributed by atoms with Gasteiger partial charge in [-0.3, -0.25) is 4.90 Å². The summed E-state index contributed by atoms with van der Waals surface area (Å²) < 4.78 is 5.66. The van der Waals surface area contributed by atoms with Gasteiger partial charge in [0.25, 0.3) is 0 Å². The van der Waals surface area contributed by atoms with E-state index in [2.05, 4.69) is 26.6 Å². The zero-order valence-electron chi connectivity index (χ0n) is 15.6. The van der Waals surface area contributed by atoms with Crippen LogP contribution in [0.2, 0.25) is 0 Å². The third kappa shape index (κ3) is 4.52. The molecule has 1 aliphatic heterocycles. The number of likely N-dealkylation sites (tertiary alicyclic amines) is 1. The van der Waals surface area contributed by atoms with Crippen molar-refractivity contribution in [2.45, 2.75) is 26.3 Å². The van der Waals surface area contributed by atoms with Crippen LogP contribution in [-0.4, -0.2) is 35.5 Å². The fraction of sp³-hybridized carbons (Fsp3) is 0.381. The van der Waals surface area contributed by atoms with E-state index >= 15 is 0 Å². The van der Waals surface area contributed by atoms with Crippen LogP contribution in [0, 0.1) is 12.8 Å². The zero-order chi connectivity index (χ0) is 18.6. The summed E-state index contributed by atoms with van der Waals surface area (Å²) in [4.78, 5) is 17.8. The molecule has 3 heterocycles. The largest absolute Gasteiger partial charge is 0.465 e. The first kappa shape index (κ1) is 17.7. The molecule has 0 bridgehead atoms. The number of fused-ring (bicyclic) bond motifs is 1. The number of piperidine rings is 1. The topological polar surface area (TPSA) is 73.3 Å². The summed E-state index contributed by atoms with van der Waals surface area (Å²) in [5.74, 6) is 2.52. The first-order chi connectivity index (χ1) is 13.2. The number of aromatic amines is 1. The summed E-state index contributed by atoms with van der Waals surface area (Å²) in [6, 6.07) is 11.8. The van der Waals surface area contributed by atoms with E-state index in [9.17, 15) is 4.79 Å². The molecule has 6 heteroatoms. The highest BCUT2D eigenvalue weighted by atomic mass is 16.3. The van der Waals surface area contributed by atoms with E-state index in [-0.39, 0.29) is 6.03 Å². The molecule has 0 saturated carbocycles. The highest BCUT2D eigenvalue weighted by molar-refractivity contribution is 5.92. The lowest BCUT2D eigenvalue weighted by Gasteiger charge is -2.31. The number of carbonyl (C=O) groups excluding carboxylic acids is 1. The van der Waals surface area contributed by atoms with E-state index in [1.54, 1.807) is 0 Å². The van der Waals surface area contributed by atoms with Gasteiger partial charge >= 0.3 is 6.03 Å². The first-order valence-corrected chi connectivity index (χ1v) is 9.55. The number of amides is 2. The van der Waals surface area contributed by atoms with Crippen LogP contribution in [0.15, 0.2) is 47.0 Å². The molecule has 1 saturated heterocycles. The Labute approximate surface area is 158 Å².